The van der Waals surface area contributed by atoms with Gasteiger partial charge in [0, 0.05) is 39.0 Å². The van der Waals surface area contributed by atoms with Crippen molar-refractivity contribution in [2.24, 2.45) is 5.92 Å². The normalized spacial score (nSPS) is 17.9. The summed E-state index contributed by atoms with van der Waals surface area (Å²) in [5.41, 5.74) is 0. The maximum atomic E-state index is 11.9. The Bertz CT molecular complexity index is 350. The van der Waals surface area contributed by atoms with Crippen molar-refractivity contribution in [2.75, 3.05) is 19.7 Å². The van der Waals surface area contributed by atoms with Gasteiger partial charge in [0.15, 0.2) is 0 Å². The molecule has 1 heterocycles. The molecule has 0 spiro atoms. The lowest BCUT2D eigenvalue weighted by atomic mass is 9.95. The Hall–Kier alpha value is -1.63. The Labute approximate surface area is 111 Å². The number of hydrogen-bond donors (Lipinski definition) is 3. The van der Waals surface area contributed by atoms with Gasteiger partial charge in [-0.25, -0.2) is 4.79 Å². The average molecular weight is 272 g/mol. The van der Waals surface area contributed by atoms with Crippen molar-refractivity contribution in [3.05, 3.63) is 0 Å². The first kappa shape index (κ1) is 15.4. The van der Waals surface area contributed by atoms with Crippen LogP contribution in [0.2, 0.25) is 0 Å². The molecular formula is C12H20N2O5. The summed E-state index contributed by atoms with van der Waals surface area (Å²) in [5.74, 6) is -1.74. The number of likely N-dealkylation sites (tertiary alicyclic amines) is 1. The highest BCUT2D eigenvalue weighted by Gasteiger charge is 2.28. The summed E-state index contributed by atoms with van der Waals surface area (Å²) < 4.78 is 0. The number of carbonyl (C=O) groups excluding carboxylic acids is 2. The summed E-state index contributed by atoms with van der Waals surface area (Å²) in [6.45, 7) is 2.23. The van der Waals surface area contributed by atoms with E-state index in [1.54, 1.807) is 4.90 Å². The quantitative estimate of drug-likeness (QED) is 0.607. The summed E-state index contributed by atoms with van der Waals surface area (Å²) in [6, 6.07) is -1.05. The topological polar surface area (TPSA) is 107 Å². The van der Waals surface area contributed by atoms with Gasteiger partial charge in [-0.1, -0.05) is 0 Å². The van der Waals surface area contributed by atoms with Crippen molar-refractivity contribution in [3.8, 4) is 0 Å². The molecule has 1 aliphatic heterocycles. The Balaban J connectivity index is 2.46. The van der Waals surface area contributed by atoms with Crippen LogP contribution in [0.15, 0.2) is 0 Å². The molecule has 1 rings (SSSR count). The molecule has 0 aromatic rings. The Morgan fingerprint density at radius 3 is 2.32 bits per heavy atom. The second-order valence-corrected chi connectivity index (χ2v) is 4.69. The molecule has 19 heavy (non-hydrogen) atoms. The Kier molecular flexibility index (Phi) is 5.75. The highest BCUT2D eigenvalue weighted by molar-refractivity contribution is 5.85. The lowest BCUT2D eigenvalue weighted by molar-refractivity contribution is -0.143. The van der Waals surface area contributed by atoms with Crippen molar-refractivity contribution < 1.29 is 24.6 Å². The molecule has 0 radical (unpaired) electrons. The molecule has 2 amide bonds. The average Bonchev–Trinajstić information content (AvgIpc) is 2.38. The zero-order valence-corrected chi connectivity index (χ0v) is 11.0. The third kappa shape index (κ3) is 4.51. The van der Waals surface area contributed by atoms with E-state index in [1.165, 1.54) is 6.92 Å². The summed E-state index contributed by atoms with van der Waals surface area (Å²) in [7, 11) is 0. The molecule has 1 saturated heterocycles. The maximum absolute atomic E-state index is 11.9. The first-order chi connectivity index (χ1) is 8.95. The predicted octanol–water partition coefficient (Wildman–Crippen LogP) is -0.803. The number of hydrogen-bond acceptors (Lipinski definition) is 4. The summed E-state index contributed by atoms with van der Waals surface area (Å²) in [6.07, 6.45) is 1.07. The highest BCUT2D eigenvalue weighted by atomic mass is 16.4. The molecule has 0 bridgehead atoms. The molecule has 1 aliphatic rings. The SMILES string of the molecule is CC(=O)N1CCC(C(=O)NC(CCO)C(=O)O)CC1. The van der Waals surface area contributed by atoms with Gasteiger partial charge in [0.2, 0.25) is 11.8 Å². The van der Waals surface area contributed by atoms with Gasteiger partial charge in [-0.05, 0) is 12.8 Å². The number of nitrogens with one attached hydrogen (secondary N) is 1. The van der Waals surface area contributed by atoms with Crippen molar-refractivity contribution >= 4 is 17.8 Å². The van der Waals surface area contributed by atoms with E-state index in [0.717, 1.165) is 0 Å². The van der Waals surface area contributed by atoms with E-state index in [4.69, 9.17) is 10.2 Å². The summed E-state index contributed by atoms with van der Waals surface area (Å²) >= 11 is 0. The number of carbonyl (C=O) groups is 3. The zero-order valence-electron chi connectivity index (χ0n) is 11.0. The van der Waals surface area contributed by atoms with Gasteiger partial charge in [0.1, 0.15) is 6.04 Å². The van der Waals surface area contributed by atoms with E-state index in [9.17, 15) is 14.4 Å². The molecule has 0 aromatic heterocycles. The van der Waals surface area contributed by atoms with E-state index < -0.39 is 12.0 Å². The Morgan fingerprint density at radius 1 is 1.32 bits per heavy atom. The van der Waals surface area contributed by atoms with Crippen LogP contribution in [-0.4, -0.2) is 58.6 Å². The number of aliphatic carboxylic acids is 1. The molecule has 108 valence electrons. The van der Waals surface area contributed by atoms with Gasteiger partial charge in [-0.2, -0.15) is 0 Å². The third-order valence-electron chi connectivity index (χ3n) is 3.34. The Morgan fingerprint density at radius 2 is 1.89 bits per heavy atom. The van der Waals surface area contributed by atoms with Crippen LogP contribution in [-0.2, 0) is 14.4 Å². The minimum atomic E-state index is -1.15. The maximum Gasteiger partial charge on any atom is 0.326 e. The lowest BCUT2D eigenvalue weighted by Gasteiger charge is -2.31. The molecule has 0 aliphatic carbocycles. The van der Waals surface area contributed by atoms with E-state index in [2.05, 4.69) is 5.32 Å². The van der Waals surface area contributed by atoms with Gasteiger partial charge in [-0.3, -0.25) is 9.59 Å². The largest absolute Gasteiger partial charge is 0.480 e. The number of nitrogens with zero attached hydrogens (tertiary/aromatic N) is 1. The van der Waals surface area contributed by atoms with Crippen LogP contribution in [0, 0.1) is 5.92 Å². The second-order valence-electron chi connectivity index (χ2n) is 4.69. The van der Waals surface area contributed by atoms with Crippen molar-refractivity contribution in [1.82, 2.24) is 10.2 Å². The number of carboxylic acids is 1. The molecule has 7 heteroatoms. The van der Waals surface area contributed by atoms with Crippen LogP contribution in [0.4, 0.5) is 0 Å². The van der Waals surface area contributed by atoms with Crippen LogP contribution >= 0.6 is 0 Å². The smallest absolute Gasteiger partial charge is 0.326 e. The number of aliphatic hydroxyl groups excluding tert-OH is 1. The molecule has 1 unspecified atom stereocenters. The molecule has 7 nitrogen and oxygen atoms in total. The molecule has 0 saturated carbocycles. The fourth-order valence-electron chi connectivity index (χ4n) is 2.13. The molecule has 0 aromatic carbocycles. The first-order valence-corrected chi connectivity index (χ1v) is 6.35. The summed E-state index contributed by atoms with van der Waals surface area (Å²) in [5, 5.41) is 20.1. The second kappa shape index (κ2) is 7.08. The number of piperidine rings is 1. The minimum absolute atomic E-state index is 0.00658. The number of rotatable bonds is 5. The van der Waals surface area contributed by atoms with Gasteiger partial charge >= 0.3 is 5.97 Å². The van der Waals surface area contributed by atoms with Gasteiger partial charge in [0.25, 0.3) is 0 Å². The molecule has 3 N–H and O–H groups in total. The lowest BCUT2D eigenvalue weighted by Crippen LogP contribution is -2.47. The monoisotopic (exact) mass is 272 g/mol. The molecule has 1 fully saturated rings. The number of amides is 2. The molecule has 1 atom stereocenters. The van der Waals surface area contributed by atoms with Crippen molar-refractivity contribution in [2.45, 2.75) is 32.2 Å². The number of carboxylic acid groups (broad SMARTS) is 1. The minimum Gasteiger partial charge on any atom is -0.480 e. The predicted molar refractivity (Wildman–Crippen MR) is 66.2 cm³/mol. The van der Waals surface area contributed by atoms with Crippen LogP contribution in [0.3, 0.4) is 0 Å². The molecular weight excluding hydrogens is 252 g/mol. The van der Waals surface area contributed by atoms with Crippen LogP contribution < -0.4 is 5.32 Å². The van der Waals surface area contributed by atoms with Crippen LogP contribution in [0.1, 0.15) is 26.2 Å². The van der Waals surface area contributed by atoms with E-state index in [-0.39, 0.29) is 30.8 Å². The fraction of sp³-hybridized carbons (Fsp3) is 0.750. The van der Waals surface area contributed by atoms with E-state index in [0.29, 0.717) is 25.9 Å². The van der Waals surface area contributed by atoms with E-state index >= 15 is 0 Å². The number of aliphatic hydroxyl groups is 1. The van der Waals surface area contributed by atoms with Gasteiger partial charge < -0.3 is 20.4 Å². The van der Waals surface area contributed by atoms with Crippen LogP contribution in [0.25, 0.3) is 0 Å². The first-order valence-electron chi connectivity index (χ1n) is 6.35. The highest BCUT2D eigenvalue weighted by Crippen LogP contribution is 2.17. The van der Waals surface area contributed by atoms with Gasteiger partial charge in [0.05, 0.1) is 0 Å². The van der Waals surface area contributed by atoms with Crippen LogP contribution in [0.5, 0.6) is 0 Å². The zero-order chi connectivity index (χ0) is 14.4. The van der Waals surface area contributed by atoms with Crippen molar-refractivity contribution in [1.29, 1.82) is 0 Å². The fourth-order valence-corrected chi connectivity index (χ4v) is 2.13. The standard InChI is InChI=1S/C12H20N2O5/c1-8(16)14-5-2-9(3-6-14)11(17)13-10(4-7-15)12(18)19/h9-10,15H,2-7H2,1H3,(H,13,17)(H,18,19). The van der Waals surface area contributed by atoms with Gasteiger partial charge in [-0.15, -0.1) is 0 Å². The van der Waals surface area contributed by atoms with Crippen molar-refractivity contribution in [3.63, 3.8) is 0 Å². The van der Waals surface area contributed by atoms with E-state index in [1.807, 2.05) is 0 Å². The third-order valence-corrected chi connectivity index (χ3v) is 3.34. The summed E-state index contributed by atoms with van der Waals surface area (Å²) in [4.78, 5) is 35.6.